The van der Waals surface area contributed by atoms with E-state index < -0.39 is 0 Å². The molecule has 0 radical (unpaired) electrons. The Bertz CT molecular complexity index is 244. The first-order chi connectivity index (χ1) is 6.45. The Morgan fingerprint density at radius 3 is 2.46 bits per heavy atom. The minimum absolute atomic E-state index is 0.274. The summed E-state index contributed by atoms with van der Waals surface area (Å²) in [6.45, 7) is 1.86. The summed E-state index contributed by atoms with van der Waals surface area (Å²) in [6.07, 6.45) is 0. The molecular weight excluding hydrogens is 166 g/mol. The standard InChI is InChI=1S/C10H13NO2/c1-2-4-9(5-3-1)11-10-6-12-8-13-7-10/h1-5,10-11H,6-8H2. The molecule has 3 nitrogen and oxygen atoms in total. The van der Waals surface area contributed by atoms with Gasteiger partial charge < -0.3 is 14.8 Å². The van der Waals surface area contributed by atoms with E-state index in [1.807, 2.05) is 30.3 Å². The Labute approximate surface area is 77.7 Å². The minimum atomic E-state index is 0.274. The zero-order valence-electron chi connectivity index (χ0n) is 7.40. The van der Waals surface area contributed by atoms with Gasteiger partial charge in [-0.3, -0.25) is 0 Å². The molecular formula is C10H13NO2. The molecule has 2 rings (SSSR count). The Morgan fingerprint density at radius 1 is 1.08 bits per heavy atom. The fraction of sp³-hybridized carbons (Fsp3) is 0.400. The van der Waals surface area contributed by atoms with E-state index in [2.05, 4.69) is 5.32 Å². The molecule has 1 N–H and O–H groups in total. The van der Waals surface area contributed by atoms with Crippen molar-refractivity contribution in [1.82, 2.24) is 0 Å². The number of rotatable bonds is 2. The van der Waals surface area contributed by atoms with Crippen molar-refractivity contribution in [3.63, 3.8) is 0 Å². The molecule has 1 aliphatic heterocycles. The van der Waals surface area contributed by atoms with Crippen molar-refractivity contribution in [3.05, 3.63) is 30.3 Å². The summed E-state index contributed by atoms with van der Waals surface area (Å²) in [5.74, 6) is 0. The van der Waals surface area contributed by atoms with Crippen molar-refractivity contribution in [2.75, 3.05) is 25.3 Å². The molecule has 3 heteroatoms. The average molecular weight is 179 g/mol. The van der Waals surface area contributed by atoms with Crippen LogP contribution in [0.25, 0.3) is 0 Å². The highest BCUT2D eigenvalue weighted by molar-refractivity contribution is 5.43. The summed E-state index contributed by atoms with van der Waals surface area (Å²) in [4.78, 5) is 0. The van der Waals surface area contributed by atoms with Crippen molar-refractivity contribution in [3.8, 4) is 0 Å². The first-order valence-corrected chi connectivity index (χ1v) is 4.42. The lowest BCUT2D eigenvalue weighted by Crippen LogP contribution is -2.35. The van der Waals surface area contributed by atoms with Crippen LogP contribution in [-0.2, 0) is 9.47 Å². The summed E-state index contributed by atoms with van der Waals surface area (Å²) in [6, 6.07) is 10.4. The quantitative estimate of drug-likeness (QED) is 0.745. The second-order valence-electron chi connectivity index (χ2n) is 3.07. The molecule has 1 fully saturated rings. The third kappa shape index (κ3) is 2.44. The maximum Gasteiger partial charge on any atom is 0.146 e. The number of ether oxygens (including phenoxy) is 2. The molecule has 1 heterocycles. The zero-order chi connectivity index (χ0) is 8.93. The van der Waals surface area contributed by atoms with Crippen LogP contribution in [-0.4, -0.2) is 26.0 Å². The molecule has 70 valence electrons. The van der Waals surface area contributed by atoms with Gasteiger partial charge in [-0.15, -0.1) is 0 Å². The summed E-state index contributed by atoms with van der Waals surface area (Å²) < 4.78 is 10.3. The summed E-state index contributed by atoms with van der Waals surface area (Å²) in [5, 5.41) is 3.33. The highest BCUT2D eigenvalue weighted by atomic mass is 16.7. The molecule has 0 atom stereocenters. The lowest BCUT2D eigenvalue weighted by atomic mass is 10.2. The number of hydrogen-bond acceptors (Lipinski definition) is 3. The molecule has 0 aliphatic carbocycles. The Kier molecular flexibility index (Phi) is 2.79. The predicted molar refractivity (Wildman–Crippen MR) is 50.6 cm³/mol. The molecule has 0 unspecified atom stereocenters. The summed E-state index contributed by atoms with van der Waals surface area (Å²) in [5.41, 5.74) is 1.11. The Balaban J connectivity index is 1.90. The number of para-hydroxylation sites is 1. The van der Waals surface area contributed by atoms with Gasteiger partial charge in [0, 0.05) is 5.69 Å². The van der Waals surface area contributed by atoms with Crippen molar-refractivity contribution >= 4 is 5.69 Å². The highest BCUT2D eigenvalue weighted by Gasteiger charge is 2.12. The monoisotopic (exact) mass is 179 g/mol. The lowest BCUT2D eigenvalue weighted by molar-refractivity contribution is -0.102. The molecule has 1 saturated heterocycles. The summed E-state index contributed by atoms with van der Waals surface area (Å²) >= 11 is 0. The predicted octanol–water partition coefficient (Wildman–Crippen LogP) is 1.47. The van der Waals surface area contributed by atoms with Crippen molar-refractivity contribution in [2.45, 2.75) is 6.04 Å². The van der Waals surface area contributed by atoms with Gasteiger partial charge in [0.1, 0.15) is 6.79 Å². The third-order valence-corrected chi connectivity index (χ3v) is 1.95. The number of anilines is 1. The van der Waals surface area contributed by atoms with Crippen molar-refractivity contribution in [1.29, 1.82) is 0 Å². The number of nitrogens with one attached hydrogen (secondary N) is 1. The highest BCUT2D eigenvalue weighted by Crippen LogP contribution is 2.09. The first kappa shape index (κ1) is 8.53. The third-order valence-electron chi connectivity index (χ3n) is 1.95. The van der Waals surface area contributed by atoms with E-state index in [1.54, 1.807) is 0 Å². The van der Waals surface area contributed by atoms with Gasteiger partial charge in [0.2, 0.25) is 0 Å². The van der Waals surface area contributed by atoms with E-state index >= 15 is 0 Å². The minimum Gasteiger partial charge on any atom is -0.378 e. The Hall–Kier alpha value is -1.06. The van der Waals surface area contributed by atoms with E-state index in [1.165, 1.54) is 0 Å². The van der Waals surface area contributed by atoms with Crippen molar-refractivity contribution in [2.24, 2.45) is 0 Å². The van der Waals surface area contributed by atoms with Gasteiger partial charge >= 0.3 is 0 Å². The second kappa shape index (κ2) is 4.25. The lowest BCUT2D eigenvalue weighted by Gasteiger charge is -2.24. The van der Waals surface area contributed by atoms with Crippen molar-refractivity contribution < 1.29 is 9.47 Å². The maximum absolute atomic E-state index is 5.17. The SMILES string of the molecule is c1ccc(NC2COCOC2)cc1. The van der Waals surface area contributed by atoms with Crippen LogP contribution in [0.2, 0.25) is 0 Å². The second-order valence-corrected chi connectivity index (χ2v) is 3.07. The number of hydrogen-bond donors (Lipinski definition) is 1. The molecule has 1 aliphatic rings. The molecule has 0 saturated carbocycles. The van der Waals surface area contributed by atoms with E-state index in [9.17, 15) is 0 Å². The molecule has 0 bridgehead atoms. The molecule has 0 amide bonds. The van der Waals surface area contributed by atoms with Crippen LogP contribution in [0.1, 0.15) is 0 Å². The smallest absolute Gasteiger partial charge is 0.146 e. The Morgan fingerprint density at radius 2 is 1.77 bits per heavy atom. The molecule has 1 aromatic carbocycles. The molecule has 13 heavy (non-hydrogen) atoms. The van der Waals surface area contributed by atoms with Crippen LogP contribution in [0, 0.1) is 0 Å². The van der Waals surface area contributed by atoms with Crippen LogP contribution < -0.4 is 5.32 Å². The van der Waals surface area contributed by atoms with Gasteiger partial charge in [0.25, 0.3) is 0 Å². The summed E-state index contributed by atoms with van der Waals surface area (Å²) in [7, 11) is 0. The topological polar surface area (TPSA) is 30.5 Å². The van der Waals surface area contributed by atoms with Gasteiger partial charge in [-0.1, -0.05) is 18.2 Å². The van der Waals surface area contributed by atoms with Crippen LogP contribution in [0.4, 0.5) is 5.69 Å². The number of benzene rings is 1. The first-order valence-electron chi connectivity index (χ1n) is 4.42. The van der Waals surface area contributed by atoms with E-state index in [0.717, 1.165) is 18.9 Å². The van der Waals surface area contributed by atoms with E-state index in [-0.39, 0.29) is 6.04 Å². The van der Waals surface area contributed by atoms with Gasteiger partial charge in [-0.05, 0) is 12.1 Å². The normalized spacial score (nSPS) is 18.5. The molecule has 1 aromatic rings. The fourth-order valence-electron chi connectivity index (χ4n) is 1.34. The van der Waals surface area contributed by atoms with E-state index in [4.69, 9.17) is 9.47 Å². The van der Waals surface area contributed by atoms with Crippen LogP contribution in [0.3, 0.4) is 0 Å². The maximum atomic E-state index is 5.17. The van der Waals surface area contributed by atoms with E-state index in [0.29, 0.717) is 6.79 Å². The average Bonchev–Trinajstić information content (AvgIpc) is 2.21. The molecule has 0 aromatic heterocycles. The molecule has 0 spiro atoms. The zero-order valence-corrected chi connectivity index (χ0v) is 7.40. The van der Waals surface area contributed by atoms with Gasteiger partial charge in [-0.2, -0.15) is 0 Å². The fourth-order valence-corrected chi connectivity index (χ4v) is 1.34. The van der Waals surface area contributed by atoms with Gasteiger partial charge in [0.15, 0.2) is 0 Å². The largest absolute Gasteiger partial charge is 0.378 e. The van der Waals surface area contributed by atoms with Gasteiger partial charge in [-0.25, -0.2) is 0 Å². The van der Waals surface area contributed by atoms with Crippen LogP contribution >= 0.6 is 0 Å². The van der Waals surface area contributed by atoms with Gasteiger partial charge in [0.05, 0.1) is 19.3 Å². The van der Waals surface area contributed by atoms with Crippen LogP contribution in [0.15, 0.2) is 30.3 Å². The van der Waals surface area contributed by atoms with Crippen LogP contribution in [0.5, 0.6) is 0 Å².